The Bertz CT molecular complexity index is 786. The Morgan fingerprint density at radius 3 is 2.73 bits per heavy atom. The average molecular weight is 381 g/mol. The smallest absolute Gasteiger partial charge is 0.331 e. The molecule has 0 spiro atoms. The zero-order valence-corrected chi connectivity index (χ0v) is 15.9. The van der Waals surface area contributed by atoms with E-state index < -0.39 is 5.97 Å². The van der Waals surface area contributed by atoms with Gasteiger partial charge >= 0.3 is 5.97 Å². The lowest BCUT2D eigenvalue weighted by atomic mass is 10.1. The van der Waals surface area contributed by atoms with Gasteiger partial charge < -0.3 is 18.7 Å². The van der Waals surface area contributed by atoms with Gasteiger partial charge in [0.15, 0.2) is 23.9 Å². The van der Waals surface area contributed by atoms with Gasteiger partial charge in [-0.3, -0.25) is 0 Å². The molecule has 0 saturated heterocycles. The van der Waals surface area contributed by atoms with E-state index in [-0.39, 0.29) is 12.5 Å². The lowest BCUT2D eigenvalue weighted by Crippen LogP contribution is -2.01. The number of hydrogen-bond acceptors (Lipinski definition) is 7. The molecule has 0 aliphatic rings. The maximum Gasteiger partial charge on any atom is 0.331 e. The molecule has 1 heterocycles. The second-order valence-corrected chi connectivity index (χ2v) is 6.29. The Labute approximate surface area is 156 Å². The fraction of sp³-hybridized carbons (Fsp3) is 0.389. The summed E-state index contributed by atoms with van der Waals surface area (Å²) in [5.74, 6) is 1.64. The monoisotopic (exact) mass is 380 g/mol. The maximum atomic E-state index is 11.8. The highest BCUT2D eigenvalue weighted by atomic mass is 35.5. The van der Waals surface area contributed by atoms with Crippen LogP contribution in [0, 0.1) is 5.92 Å². The van der Waals surface area contributed by atoms with E-state index in [0.717, 1.165) is 0 Å². The number of hydrogen-bond donors (Lipinski definition) is 0. The first kappa shape index (κ1) is 19.8. The number of nitrogens with zero attached hydrogens (tertiary/aromatic N) is 2. The Kier molecular flexibility index (Phi) is 7.03. The molecular weight excluding hydrogens is 360 g/mol. The van der Waals surface area contributed by atoms with Crippen molar-refractivity contribution in [2.24, 2.45) is 5.92 Å². The number of carbonyl (C=O) groups excluding carboxylic acids is 1. The summed E-state index contributed by atoms with van der Waals surface area (Å²) in [6.45, 7) is 4.03. The van der Waals surface area contributed by atoms with E-state index in [9.17, 15) is 4.79 Å². The Morgan fingerprint density at radius 1 is 1.31 bits per heavy atom. The molecule has 0 saturated carbocycles. The molecule has 0 fully saturated rings. The average Bonchev–Trinajstić information content (AvgIpc) is 3.04. The van der Waals surface area contributed by atoms with Crippen LogP contribution in [0.25, 0.3) is 6.08 Å². The van der Waals surface area contributed by atoms with Crippen molar-refractivity contribution in [1.82, 2.24) is 10.1 Å². The normalized spacial score (nSPS) is 11.2. The molecule has 0 atom stereocenters. The van der Waals surface area contributed by atoms with Crippen molar-refractivity contribution >= 4 is 23.6 Å². The van der Waals surface area contributed by atoms with Gasteiger partial charge in [-0.05, 0) is 29.7 Å². The summed E-state index contributed by atoms with van der Waals surface area (Å²) in [5, 5.41) is 4.22. The summed E-state index contributed by atoms with van der Waals surface area (Å²) in [5.41, 5.74) is 0.668. The molecule has 0 aliphatic carbocycles. The van der Waals surface area contributed by atoms with Gasteiger partial charge in [0.05, 0.1) is 19.2 Å². The van der Waals surface area contributed by atoms with Crippen LogP contribution in [-0.2, 0) is 22.6 Å². The number of methoxy groups -OCH3 is 2. The SMILES string of the molecule is COc1cc(/C=C/C(=O)OCc2nc(CC(C)C)no2)cc(Cl)c1OC. The standard InChI is InChI=1S/C18H21ClN2O5/c1-11(2)7-15-20-16(26-21-15)10-25-17(22)6-5-12-8-13(19)18(24-4)14(9-12)23-3/h5-6,8-9,11H,7,10H2,1-4H3/b6-5+. The maximum absolute atomic E-state index is 11.8. The van der Waals surface area contributed by atoms with Crippen LogP contribution in [0.5, 0.6) is 11.5 Å². The fourth-order valence-electron chi connectivity index (χ4n) is 2.18. The topological polar surface area (TPSA) is 83.7 Å². The number of halogens is 1. The highest BCUT2D eigenvalue weighted by molar-refractivity contribution is 6.32. The van der Waals surface area contributed by atoms with E-state index in [1.807, 2.05) is 0 Å². The first-order valence-electron chi connectivity index (χ1n) is 8.00. The van der Waals surface area contributed by atoms with Crippen molar-refractivity contribution in [2.45, 2.75) is 26.9 Å². The number of rotatable bonds is 8. The van der Waals surface area contributed by atoms with Gasteiger partial charge in [-0.15, -0.1) is 0 Å². The van der Waals surface area contributed by atoms with Crippen LogP contribution in [0.15, 0.2) is 22.7 Å². The third-order valence-corrected chi connectivity index (χ3v) is 3.59. The number of carbonyl (C=O) groups is 1. The number of aromatic nitrogens is 2. The predicted octanol–water partition coefficient (Wildman–Crippen LogP) is 3.70. The summed E-state index contributed by atoms with van der Waals surface area (Å²) < 4.78 is 20.5. The van der Waals surface area contributed by atoms with E-state index in [2.05, 4.69) is 24.0 Å². The molecule has 0 bridgehead atoms. The first-order chi connectivity index (χ1) is 12.4. The summed E-state index contributed by atoms with van der Waals surface area (Å²) in [7, 11) is 3.01. The minimum absolute atomic E-state index is 0.0824. The molecule has 0 unspecified atom stereocenters. The van der Waals surface area contributed by atoms with Gasteiger partial charge in [-0.25, -0.2) is 4.79 Å². The molecule has 7 nitrogen and oxygen atoms in total. The van der Waals surface area contributed by atoms with E-state index in [1.54, 1.807) is 18.2 Å². The minimum Gasteiger partial charge on any atom is -0.493 e. The van der Waals surface area contributed by atoms with Gasteiger partial charge in [-0.2, -0.15) is 4.98 Å². The molecule has 2 rings (SSSR count). The molecule has 1 aromatic carbocycles. The van der Waals surface area contributed by atoms with Gasteiger partial charge in [0, 0.05) is 12.5 Å². The van der Waals surface area contributed by atoms with Crippen molar-refractivity contribution in [3.63, 3.8) is 0 Å². The Hall–Kier alpha value is -2.54. The predicted molar refractivity (Wildman–Crippen MR) is 96.2 cm³/mol. The largest absolute Gasteiger partial charge is 0.493 e. The van der Waals surface area contributed by atoms with Gasteiger partial charge in [0.25, 0.3) is 5.89 Å². The second-order valence-electron chi connectivity index (χ2n) is 5.88. The van der Waals surface area contributed by atoms with Gasteiger partial charge in [0.2, 0.25) is 0 Å². The molecule has 0 aliphatic heterocycles. The molecular formula is C18H21ClN2O5. The third-order valence-electron chi connectivity index (χ3n) is 3.31. The zero-order chi connectivity index (χ0) is 19.1. The molecule has 8 heteroatoms. The van der Waals surface area contributed by atoms with E-state index >= 15 is 0 Å². The van der Waals surface area contributed by atoms with Crippen molar-refractivity contribution in [3.05, 3.63) is 40.5 Å². The summed E-state index contributed by atoms with van der Waals surface area (Å²) in [4.78, 5) is 16.0. The summed E-state index contributed by atoms with van der Waals surface area (Å²) >= 11 is 6.13. The van der Waals surface area contributed by atoms with Crippen LogP contribution in [-0.4, -0.2) is 30.3 Å². The second kappa shape index (κ2) is 9.24. The molecule has 0 radical (unpaired) electrons. The minimum atomic E-state index is -0.542. The summed E-state index contributed by atoms with van der Waals surface area (Å²) in [6, 6.07) is 3.35. The Morgan fingerprint density at radius 2 is 2.08 bits per heavy atom. The number of esters is 1. The molecule has 2 aromatic rings. The molecule has 26 heavy (non-hydrogen) atoms. The molecule has 0 amide bonds. The lowest BCUT2D eigenvalue weighted by molar-refractivity contribution is -0.139. The van der Waals surface area contributed by atoms with Gasteiger partial charge in [-0.1, -0.05) is 30.6 Å². The van der Waals surface area contributed by atoms with Crippen LogP contribution in [0.3, 0.4) is 0 Å². The van der Waals surface area contributed by atoms with Crippen LogP contribution in [0.4, 0.5) is 0 Å². The van der Waals surface area contributed by atoms with E-state index in [0.29, 0.717) is 40.2 Å². The van der Waals surface area contributed by atoms with E-state index in [1.165, 1.54) is 20.3 Å². The molecule has 140 valence electrons. The highest BCUT2D eigenvalue weighted by Gasteiger charge is 2.11. The van der Waals surface area contributed by atoms with Gasteiger partial charge in [0.1, 0.15) is 0 Å². The summed E-state index contributed by atoms with van der Waals surface area (Å²) in [6.07, 6.45) is 3.55. The third kappa shape index (κ3) is 5.49. The molecule has 1 aromatic heterocycles. The van der Waals surface area contributed by atoms with Crippen molar-refractivity contribution in [3.8, 4) is 11.5 Å². The van der Waals surface area contributed by atoms with Crippen molar-refractivity contribution in [2.75, 3.05) is 14.2 Å². The van der Waals surface area contributed by atoms with Crippen molar-refractivity contribution < 1.29 is 23.5 Å². The van der Waals surface area contributed by atoms with Crippen LogP contribution in [0.2, 0.25) is 5.02 Å². The molecule has 0 N–H and O–H groups in total. The quantitative estimate of drug-likeness (QED) is 0.510. The van der Waals surface area contributed by atoms with Crippen LogP contribution < -0.4 is 9.47 Å². The fourth-order valence-corrected chi connectivity index (χ4v) is 2.47. The Balaban J connectivity index is 1.95. The van der Waals surface area contributed by atoms with Crippen LogP contribution in [0.1, 0.15) is 31.1 Å². The van der Waals surface area contributed by atoms with Crippen molar-refractivity contribution in [1.29, 1.82) is 0 Å². The lowest BCUT2D eigenvalue weighted by Gasteiger charge is -2.10. The van der Waals surface area contributed by atoms with Crippen LogP contribution >= 0.6 is 11.6 Å². The first-order valence-corrected chi connectivity index (χ1v) is 8.38. The number of benzene rings is 1. The highest BCUT2D eigenvalue weighted by Crippen LogP contribution is 2.36. The number of ether oxygens (including phenoxy) is 3. The van der Waals surface area contributed by atoms with E-state index in [4.69, 9.17) is 30.3 Å². The zero-order valence-electron chi connectivity index (χ0n) is 15.1.